The van der Waals surface area contributed by atoms with Crippen molar-refractivity contribution in [1.29, 1.82) is 0 Å². The Morgan fingerprint density at radius 2 is 1.84 bits per heavy atom. The zero-order valence-electron chi connectivity index (χ0n) is 15.2. The Hall–Kier alpha value is -2.14. The third-order valence-electron chi connectivity index (χ3n) is 4.85. The molecule has 0 bridgehead atoms. The van der Waals surface area contributed by atoms with Gasteiger partial charge in [-0.15, -0.1) is 0 Å². The number of likely N-dealkylation sites (tertiary alicyclic amines) is 1. The van der Waals surface area contributed by atoms with E-state index in [1.165, 1.54) is 18.4 Å². The van der Waals surface area contributed by atoms with E-state index in [1.54, 1.807) is 6.20 Å². The monoisotopic (exact) mass is 340 g/mol. The van der Waals surface area contributed by atoms with Crippen molar-refractivity contribution in [3.63, 3.8) is 0 Å². The summed E-state index contributed by atoms with van der Waals surface area (Å²) >= 11 is 0. The van der Waals surface area contributed by atoms with Gasteiger partial charge in [0, 0.05) is 25.5 Å². The highest BCUT2D eigenvalue weighted by Gasteiger charge is 2.30. The number of carbonyl (C=O) groups is 1. The van der Waals surface area contributed by atoms with Crippen LogP contribution in [0.5, 0.6) is 0 Å². The molecule has 1 amide bonds. The van der Waals surface area contributed by atoms with Crippen molar-refractivity contribution in [2.75, 3.05) is 13.1 Å². The topological polar surface area (TPSA) is 50.2 Å². The van der Waals surface area contributed by atoms with Crippen LogP contribution in [0.25, 0.3) is 0 Å². The van der Waals surface area contributed by atoms with Crippen molar-refractivity contribution >= 4 is 5.91 Å². The number of hydrogen-bond acceptors (Lipinski definition) is 3. The van der Waals surface area contributed by atoms with Crippen molar-refractivity contribution in [1.82, 2.24) is 19.8 Å². The lowest BCUT2D eigenvalue weighted by Crippen LogP contribution is -2.48. The predicted octanol–water partition coefficient (Wildman–Crippen LogP) is 2.67. The molecule has 0 aliphatic carbocycles. The maximum atomic E-state index is 12.7. The van der Waals surface area contributed by atoms with Gasteiger partial charge in [-0.1, -0.05) is 38.1 Å². The van der Waals surface area contributed by atoms with Gasteiger partial charge in [0.25, 0.3) is 0 Å². The molecule has 1 N–H and O–H groups in total. The van der Waals surface area contributed by atoms with Gasteiger partial charge in [0.05, 0.1) is 12.4 Å². The molecule has 1 saturated heterocycles. The van der Waals surface area contributed by atoms with Crippen molar-refractivity contribution in [3.8, 4) is 0 Å². The fourth-order valence-electron chi connectivity index (χ4n) is 3.56. The molecule has 2 heterocycles. The molecule has 0 spiro atoms. The van der Waals surface area contributed by atoms with Gasteiger partial charge in [-0.05, 0) is 43.0 Å². The molecule has 0 radical (unpaired) electrons. The highest BCUT2D eigenvalue weighted by Crippen LogP contribution is 2.18. The second-order valence-corrected chi connectivity index (χ2v) is 7.20. The number of benzene rings is 1. The van der Waals surface area contributed by atoms with Gasteiger partial charge in [0.15, 0.2) is 0 Å². The Bertz CT molecular complexity index is 658. The van der Waals surface area contributed by atoms with Gasteiger partial charge >= 0.3 is 0 Å². The van der Waals surface area contributed by atoms with Crippen molar-refractivity contribution < 1.29 is 4.79 Å². The number of hydrogen-bond donors (Lipinski definition) is 1. The van der Waals surface area contributed by atoms with Crippen molar-refractivity contribution in [3.05, 3.63) is 54.1 Å². The van der Waals surface area contributed by atoms with E-state index in [0.717, 1.165) is 25.2 Å². The highest BCUT2D eigenvalue weighted by molar-refractivity contribution is 5.82. The zero-order valence-corrected chi connectivity index (χ0v) is 15.2. The Balaban J connectivity index is 1.54. The number of nitrogens with one attached hydrogen (secondary N) is 1. The molecule has 5 heteroatoms. The first kappa shape index (κ1) is 17.7. The molecule has 1 atom stereocenters. The van der Waals surface area contributed by atoms with Gasteiger partial charge in [0.2, 0.25) is 5.91 Å². The fourth-order valence-corrected chi connectivity index (χ4v) is 3.56. The summed E-state index contributed by atoms with van der Waals surface area (Å²) < 4.78 is 2.04. The standard InChI is InChI=1S/C20H28N4O/c1-16(2)19(24-10-3-4-11-24)20(25)22-13-17-5-7-18(8-6-17)14-23-12-9-21-15-23/h5-9,12,15-16,19H,3-4,10-11,13-14H2,1-2H3,(H,22,25). The van der Waals surface area contributed by atoms with Gasteiger partial charge in [-0.2, -0.15) is 0 Å². The summed E-state index contributed by atoms with van der Waals surface area (Å²) in [6, 6.07) is 8.39. The Morgan fingerprint density at radius 1 is 1.16 bits per heavy atom. The molecule has 1 aromatic carbocycles. The number of aromatic nitrogens is 2. The zero-order chi connectivity index (χ0) is 17.6. The van der Waals surface area contributed by atoms with Crippen LogP contribution in [0.4, 0.5) is 0 Å². The lowest BCUT2D eigenvalue weighted by molar-refractivity contribution is -0.127. The van der Waals surface area contributed by atoms with Gasteiger partial charge in [-0.3, -0.25) is 9.69 Å². The SMILES string of the molecule is CC(C)C(C(=O)NCc1ccc(Cn2ccnc2)cc1)N1CCCC1. The first-order valence-electron chi connectivity index (χ1n) is 9.19. The summed E-state index contributed by atoms with van der Waals surface area (Å²) in [5.41, 5.74) is 2.36. The molecular formula is C20H28N4O. The summed E-state index contributed by atoms with van der Waals surface area (Å²) in [4.78, 5) is 19.0. The number of nitrogens with zero attached hydrogens (tertiary/aromatic N) is 3. The largest absolute Gasteiger partial charge is 0.351 e. The van der Waals surface area contributed by atoms with E-state index >= 15 is 0 Å². The fraction of sp³-hybridized carbons (Fsp3) is 0.500. The van der Waals surface area contributed by atoms with Crippen LogP contribution < -0.4 is 5.32 Å². The molecule has 1 aliphatic heterocycles. The quantitative estimate of drug-likeness (QED) is 0.843. The Labute approximate surface area is 150 Å². The summed E-state index contributed by atoms with van der Waals surface area (Å²) in [6.07, 6.45) is 7.97. The average Bonchev–Trinajstić information content (AvgIpc) is 3.28. The molecule has 1 fully saturated rings. The Morgan fingerprint density at radius 3 is 2.44 bits per heavy atom. The second kappa shape index (κ2) is 8.30. The second-order valence-electron chi connectivity index (χ2n) is 7.20. The predicted molar refractivity (Wildman–Crippen MR) is 99.1 cm³/mol. The lowest BCUT2D eigenvalue weighted by atomic mass is 10.0. The Kier molecular flexibility index (Phi) is 5.87. The molecule has 0 saturated carbocycles. The normalized spacial score (nSPS) is 16.3. The van der Waals surface area contributed by atoms with Crippen LogP contribution in [0.15, 0.2) is 43.0 Å². The molecule has 134 valence electrons. The minimum Gasteiger partial charge on any atom is -0.351 e. The van der Waals surface area contributed by atoms with Gasteiger partial charge < -0.3 is 9.88 Å². The first-order valence-corrected chi connectivity index (χ1v) is 9.19. The average molecular weight is 340 g/mol. The summed E-state index contributed by atoms with van der Waals surface area (Å²) in [7, 11) is 0. The van der Waals surface area contributed by atoms with Crippen LogP contribution in [0, 0.1) is 5.92 Å². The van der Waals surface area contributed by atoms with E-state index in [4.69, 9.17) is 0 Å². The molecule has 25 heavy (non-hydrogen) atoms. The third kappa shape index (κ3) is 4.69. The molecule has 2 aromatic rings. The number of amides is 1. The van der Waals surface area contributed by atoms with Gasteiger partial charge in [0.1, 0.15) is 0 Å². The number of rotatable bonds is 7. The van der Waals surface area contributed by atoms with E-state index in [1.807, 2.05) is 17.1 Å². The van der Waals surface area contributed by atoms with Crippen LogP contribution in [-0.2, 0) is 17.9 Å². The van der Waals surface area contributed by atoms with Crippen LogP contribution >= 0.6 is 0 Å². The van der Waals surface area contributed by atoms with E-state index in [-0.39, 0.29) is 11.9 Å². The number of imidazole rings is 1. The minimum absolute atomic E-state index is 0.0111. The maximum absolute atomic E-state index is 12.7. The maximum Gasteiger partial charge on any atom is 0.237 e. The van der Waals surface area contributed by atoms with Crippen LogP contribution in [-0.4, -0.2) is 39.5 Å². The molecule has 1 unspecified atom stereocenters. The van der Waals surface area contributed by atoms with E-state index in [0.29, 0.717) is 12.5 Å². The van der Waals surface area contributed by atoms with Crippen molar-refractivity contribution in [2.45, 2.75) is 45.8 Å². The lowest BCUT2D eigenvalue weighted by Gasteiger charge is -2.29. The van der Waals surface area contributed by atoms with Crippen LogP contribution in [0.1, 0.15) is 37.8 Å². The third-order valence-corrected chi connectivity index (χ3v) is 4.85. The number of carbonyl (C=O) groups excluding carboxylic acids is 1. The molecule has 3 rings (SSSR count). The van der Waals surface area contributed by atoms with E-state index in [9.17, 15) is 4.79 Å². The molecule has 5 nitrogen and oxygen atoms in total. The summed E-state index contributed by atoms with van der Waals surface area (Å²) in [6.45, 7) is 7.75. The minimum atomic E-state index is -0.0111. The molecular weight excluding hydrogens is 312 g/mol. The van der Waals surface area contributed by atoms with E-state index < -0.39 is 0 Å². The first-order chi connectivity index (χ1) is 12.1. The summed E-state index contributed by atoms with van der Waals surface area (Å²) in [5.74, 6) is 0.482. The molecule has 1 aromatic heterocycles. The van der Waals surface area contributed by atoms with Crippen LogP contribution in [0.2, 0.25) is 0 Å². The summed E-state index contributed by atoms with van der Waals surface area (Å²) in [5, 5.41) is 3.13. The van der Waals surface area contributed by atoms with Gasteiger partial charge in [-0.25, -0.2) is 4.98 Å². The molecule has 1 aliphatic rings. The van der Waals surface area contributed by atoms with Crippen molar-refractivity contribution in [2.24, 2.45) is 5.92 Å². The smallest absolute Gasteiger partial charge is 0.237 e. The highest BCUT2D eigenvalue weighted by atomic mass is 16.2. The van der Waals surface area contributed by atoms with Crippen LogP contribution in [0.3, 0.4) is 0 Å². The van der Waals surface area contributed by atoms with E-state index in [2.05, 4.69) is 53.3 Å².